The summed E-state index contributed by atoms with van der Waals surface area (Å²) in [4.78, 5) is 11.4. The second-order valence-corrected chi connectivity index (χ2v) is 6.31. The summed E-state index contributed by atoms with van der Waals surface area (Å²) in [5.74, 6) is 0.404. The van der Waals surface area contributed by atoms with E-state index >= 15 is 0 Å². The number of carboxylic acid groups (broad SMARTS) is 1. The molecular weight excluding hydrogens is 352 g/mol. The van der Waals surface area contributed by atoms with Crippen molar-refractivity contribution in [3.63, 3.8) is 0 Å². The molecule has 134 valence electrons. The molecule has 3 rings (SSSR count). The number of aromatic nitrogens is 2. The summed E-state index contributed by atoms with van der Waals surface area (Å²) < 4.78 is 7.32. The van der Waals surface area contributed by atoms with Gasteiger partial charge in [-0.15, -0.1) is 0 Å². The van der Waals surface area contributed by atoms with E-state index < -0.39 is 5.97 Å². The molecule has 2 aromatic carbocycles. The molecule has 0 aliphatic rings. The first-order valence-corrected chi connectivity index (χ1v) is 8.79. The zero-order valence-electron chi connectivity index (χ0n) is 14.4. The molecule has 1 heterocycles. The number of nitrogens with zero attached hydrogens (tertiary/aromatic N) is 2. The van der Waals surface area contributed by atoms with Gasteiger partial charge in [0.25, 0.3) is 0 Å². The number of aryl methyl sites for hydroxylation is 1. The second kappa shape index (κ2) is 8.06. The van der Waals surface area contributed by atoms with Gasteiger partial charge in [0.15, 0.2) is 0 Å². The summed E-state index contributed by atoms with van der Waals surface area (Å²) in [7, 11) is 0. The smallest absolute Gasteiger partial charge is 0.354 e. The van der Waals surface area contributed by atoms with E-state index in [2.05, 4.69) is 12.0 Å². The number of ether oxygens (including phenoxy) is 1. The molecule has 26 heavy (non-hydrogen) atoms. The van der Waals surface area contributed by atoms with Gasteiger partial charge in [0, 0.05) is 17.1 Å². The molecule has 0 aliphatic carbocycles. The van der Waals surface area contributed by atoms with E-state index in [1.54, 1.807) is 35.0 Å². The summed E-state index contributed by atoms with van der Waals surface area (Å²) in [6.45, 7) is 2.65. The maximum atomic E-state index is 11.4. The van der Waals surface area contributed by atoms with Gasteiger partial charge in [-0.05, 0) is 61.0 Å². The van der Waals surface area contributed by atoms with E-state index in [9.17, 15) is 9.90 Å². The number of aromatic carboxylic acids is 1. The number of unbranched alkanes of at least 4 members (excludes halogenated alkanes) is 1. The molecule has 0 unspecified atom stereocenters. The minimum Gasteiger partial charge on any atom is -0.477 e. The highest BCUT2D eigenvalue weighted by Gasteiger charge is 2.15. The molecule has 0 saturated heterocycles. The third-order valence-electron chi connectivity index (χ3n) is 3.92. The van der Waals surface area contributed by atoms with Crippen molar-refractivity contribution in [3.05, 3.63) is 65.3 Å². The van der Waals surface area contributed by atoms with Crippen LogP contribution < -0.4 is 4.74 Å². The van der Waals surface area contributed by atoms with Gasteiger partial charge in [-0.2, -0.15) is 5.10 Å². The van der Waals surface area contributed by atoms with Crippen LogP contribution in [0.4, 0.5) is 0 Å². The van der Waals surface area contributed by atoms with Crippen LogP contribution in [0.1, 0.15) is 30.3 Å². The molecule has 0 fully saturated rings. The van der Waals surface area contributed by atoms with Crippen LogP contribution in [0.25, 0.3) is 11.3 Å². The maximum Gasteiger partial charge on any atom is 0.354 e. The highest BCUT2D eigenvalue weighted by molar-refractivity contribution is 6.30. The predicted molar refractivity (Wildman–Crippen MR) is 101 cm³/mol. The Balaban J connectivity index is 1.79. The number of halogens is 1. The predicted octanol–water partition coefficient (Wildman–Crippen LogP) is 5.49. The van der Waals surface area contributed by atoms with Crippen molar-refractivity contribution in [2.45, 2.75) is 26.3 Å². The zero-order chi connectivity index (χ0) is 18.5. The fraction of sp³-hybridized carbons (Fsp3) is 0.200. The summed E-state index contributed by atoms with van der Waals surface area (Å²) in [5, 5.41) is 14.5. The first kappa shape index (κ1) is 18.0. The SMILES string of the molecule is CCCCn1nc(-c2ccc(Oc3ccc(Cl)cc3)cc2)cc1C(=O)O. The molecule has 6 heteroatoms. The van der Waals surface area contributed by atoms with Crippen molar-refractivity contribution >= 4 is 17.6 Å². The summed E-state index contributed by atoms with van der Waals surface area (Å²) in [6.07, 6.45) is 1.86. The monoisotopic (exact) mass is 370 g/mol. The van der Waals surface area contributed by atoms with Crippen LogP contribution in [0.3, 0.4) is 0 Å². The fourth-order valence-corrected chi connectivity index (χ4v) is 2.67. The van der Waals surface area contributed by atoms with Crippen LogP contribution in [0.5, 0.6) is 11.5 Å². The first-order chi connectivity index (χ1) is 12.6. The highest BCUT2D eigenvalue weighted by atomic mass is 35.5. The summed E-state index contributed by atoms with van der Waals surface area (Å²) >= 11 is 5.87. The Kier molecular flexibility index (Phi) is 5.58. The van der Waals surface area contributed by atoms with Gasteiger partial charge in [0.1, 0.15) is 17.2 Å². The van der Waals surface area contributed by atoms with E-state index in [1.807, 2.05) is 24.3 Å². The van der Waals surface area contributed by atoms with Crippen molar-refractivity contribution in [2.75, 3.05) is 0 Å². The quantitative estimate of drug-likeness (QED) is 0.596. The van der Waals surface area contributed by atoms with E-state index in [4.69, 9.17) is 16.3 Å². The number of hydrogen-bond acceptors (Lipinski definition) is 3. The lowest BCUT2D eigenvalue weighted by Crippen LogP contribution is -2.09. The normalized spacial score (nSPS) is 10.7. The number of carboxylic acids is 1. The molecule has 3 aromatic rings. The standard InChI is InChI=1S/C20H19ClN2O3/c1-2-3-12-23-19(20(24)25)13-18(22-23)14-4-8-16(9-5-14)26-17-10-6-15(21)7-11-17/h4-11,13H,2-3,12H2,1H3,(H,24,25). The number of hydrogen-bond donors (Lipinski definition) is 1. The van der Waals surface area contributed by atoms with Gasteiger partial charge in [-0.1, -0.05) is 24.9 Å². The molecular formula is C20H19ClN2O3. The summed E-state index contributed by atoms with van der Waals surface area (Å²) in [5.41, 5.74) is 1.68. The Hall–Kier alpha value is -2.79. The van der Waals surface area contributed by atoms with Crippen molar-refractivity contribution in [3.8, 4) is 22.8 Å². The van der Waals surface area contributed by atoms with Crippen LogP contribution in [0, 0.1) is 0 Å². The third-order valence-corrected chi connectivity index (χ3v) is 4.17. The van der Waals surface area contributed by atoms with E-state index in [1.165, 1.54) is 0 Å². The first-order valence-electron chi connectivity index (χ1n) is 8.42. The largest absolute Gasteiger partial charge is 0.477 e. The Labute approximate surface area is 156 Å². The Morgan fingerprint density at radius 3 is 2.31 bits per heavy atom. The number of rotatable bonds is 7. The van der Waals surface area contributed by atoms with Gasteiger partial charge in [-0.3, -0.25) is 4.68 Å². The minimum atomic E-state index is -0.970. The average Bonchev–Trinajstić information content (AvgIpc) is 3.07. The van der Waals surface area contributed by atoms with Crippen LogP contribution in [-0.4, -0.2) is 20.9 Å². The van der Waals surface area contributed by atoms with Crippen molar-refractivity contribution in [1.29, 1.82) is 0 Å². The number of carbonyl (C=O) groups is 1. The molecule has 1 aromatic heterocycles. The lowest BCUT2D eigenvalue weighted by molar-refractivity contribution is 0.0683. The molecule has 0 bridgehead atoms. The van der Waals surface area contributed by atoms with Crippen LogP contribution in [0.15, 0.2) is 54.6 Å². The molecule has 0 atom stereocenters. The molecule has 0 radical (unpaired) electrons. The van der Waals surface area contributed by atoms with E-state index in [0.29, 0.717) is 28.8 Å². The van der Waals surface area contributed by atoms with Crippen LogP contribution >= 0.6 is 11.6 Å². The van der Waals surface area contributed by atoms with Crippen LogP contribution in [0.2, 0.25) is 5.02 Å². The lowest BCUT2D eigenvalue weighted by Gasteiger charge is -2.06. The third kappa shape index (κ3) is 4.24. The van der Waals surface area contributed by atoms with Crippen molar-refractivity contribution < 1.29 is 14.6 Å². The van der Waals surface area contributed by atoms with Gasteiger partial charge in [-0.25, -0.2) is 4.79 Å². The zero-order valence-corrected chi connectivity index (χ0v) is 15.1. The topological polar surface area (TPSA) is 64.4 Å². The molecule has 5 nitrogen and oxygen atoms in total. The molecule has 0 aliphatic heterocycles. The average molecular weight is 371 g/mol. The Bertz CT molecular complexity index is 886. The molecule has 0 amide bonds. The van der Waals surface area contributed by atoms with Crippen LogP contribution in [-0.2, 0) is 6.54 Å². The molecule has 1 N–H and O–H groups in total. The maximum absolute atomic E-state index is 11.4. The number of benzene rings is 2. The lowest BCUT2D eigenvalue weighted by atomic mass is 10.1. The highest BCUT2D eigenvalue weighted by Crippen LogP contribution is 2.26. The van der Waals surface area contributed by atoms with Gasteiger partial charge < -0.3 is 9.84 Å². The van der Waals surface area contributed by atoms with Gasteiger partial charge >= 0.3 is 5.97 Å². The molecule has 0 saturated carbocycles. The minimum absolute atomic E-state index is 0.204. The van der Waals surface area contributed by atoms with Crippen molar-refractivity contribution in [1.82, 2.24) is 9.78 Å². The van der Waals surface area contributed by atoms with E-state index in [0.717, 1.165) is 18.4 Å². The van der Waals surface area contributed by atoms with Gasteiger partial charge in [0.05, 0.1) is 5.69 Å². The Morgan fingerprint density at radius 1 is 1.12 bits per heavy atom. The Morgan fingerprint density at radius 2 is 1.73 bits per heavy atom. The van der Waals surface area contributed by atoms with Crippen molar-refractivity contribution in [2.24, 2.45) is 0 Å². The molecule has 0 spiro atoms. The fourth-order valence-electron chi connectivity index (χ4n) is 2.54. The van der Waals surface area contributed by atoms with E-state index in [-0.39, 0.29) is 5.69 Å². The summed E-state index contributed by atoms with van der Waals surface area (Å²) in [6, 6.07) is 16.1. The van der Waals surface area contributed by atoms with Gasteiger partial charge in [0.2, 0.25) is 0 Å². The second-order valence-electron chi connectivity index (χ2n) is 5.88.